The Morgan fingerprint density at radius 3 is 2.15 bits per heavy atom. The molecule has 0 radical (unpaired) electrons. The molecule has 26 heavy (non-hydrogen) atoms. The van der Waals surface area contributed by atoms with Gasteiger partial charge >= 0.3 is 0 Å². The normalized spacial score (nSPS) is 10.1. The molecule has 0 saturated heterocycles. The lowest BCUT2D eigenvalue weighted by Crippen LogP contribution is -2.03. The van der Waals surface area contributed by atoms with E-state index in [9.17, 15) is 4.79 Å². The molecule has 0 atom stereocenters. The third-order valence-electron chi connectivity index (χ3n) is 3.95. The Hall–Kier alpha value is -2.95. The minimum absolute atomic E-state index is 0.0529. The van der Waals surface area contributed by atoms with E-state index in [0.717, 1.165) is 5.56 Å². The van der Waals surface area contributed by atoms with Gasteiger partial charge in [0.05, 0.1) is 21.3 Å². The maximum atomic E-state index is 12.5. The number of hydrogen-bond acceptors (Lipinski definition) is 5. The van der Waals surface area contributed by atoms with E-state index >= 15 is 0 Å². The molecule has 0 unspecified atom stereocenters. The van der Waals surface area contributed by atoms with E-state index in [-0.39, 0.29) is 5.78 Å². The number of carbonyl (C=O) groups excluding carboxylic acids is 1. The number of aryl methyl sites for hydroxylation is 1. The van der Waals surface area contributed by atoms with Crippen molar-refractivity contribution in [2.75, 3.05) is 27.9 Å². The number of ketones is 1. The lowest BCUT2D eigenvalue weighted by atomic mass is 10.0. The van der Waals surface area contributed by atoms with Crippen LogP contribution in [0.4, 0.5) is 0 Å². The van der Waals surface area contributed by atoms with Crippen LogP contribution in [0.15, 0.2) is 49.1 Å². The first-order valence-corrected chi connectivity index (χ1v) is 8.28. The van der Waals surface area contributed by atoms with Gasteiger partial charge in [0.2, 0.25) is 0 Å². The molecule has 0 aliphatic heterocycles. The molecule has 0 amide bonds. The third-order valence-corrected chi connectivity index (χ3v) is 3.95. The first-order chi connectivity index (χ1) is 12.6. The van der Waals surface area contributed by atoms with Gasteiger partial charge in [-0.25, -0.2) is 0 Å². The van der Waals surface area contributed by atoms with Gasteiger partial charge in [0.15, 0.2) is 17.3 Å². The van der Waals surface area contributed by atoms with Gasteiger partial charge in [-0.1, -0.05) is 12.7 Å². The fourth-order valence-electron chi connectivity index (χ4n) is 2.57. The summed E-state index contributed by atoms with van der Waals surface area (Å²) in [7, 11) is 4.74. The minimum Gasteiger partial charge on any atom is -0.496 e. The van der Waals surface area contributed by atoms with Crippen LogP contribution >= 0.6 is 0 Å². The molecule has 138 valence electrons. The molecule has 2 rings (SSSR count). The van der Waals surface area contributed by atoms with Crippen molar-refractivity contribution in [1.82, 2.24) is 0 Å². The lowest BCUT2D eigenvalue weighted by molar-refractivity contribution is 0.0982. The number of benzene rings is 2. The van der Waals surface area contributed by atoms with Gasteiger partial charge in [0.25, 0.3) is 0 Å². The van der Waals surface area contributed by atoms with Crippen molar-refractivity contribution in [3.05, 3.63) is 60.2 Å². The summed E-state index contributed by atoms with van der Waals surface area (Å²) < 4.78 is 21.4. The van der Waals surface area contributed by atoms with Crippen molar-refractivity contribution in [3.8, 4) is 23.0 Å². The maximum Gasteiger partial charge on any atom is 0.164 e. The summed E-state index contributed by atoms with van der Waals surface area (Å²) >= 11 is 0. The summed E-state index contributed by atoms with van der Waals surface area (Å²) in [4.78, 5) is 12.5. The second-order valence-corrected chi connectivity index (χ2v) is 5.57. The zero-order chi connectivity index (χ0) is 18.9. The lowest BCUT2D eigenvalue weighted by Gasteiger charge is -2.14. The Kier molecular flexibility index (Phi) is 7.09. The van der Waals surface area contributed by atoms with Crippen molar-refractivity contribution >= 4 is 5.78 Å². The summed E-state index contributed by atoms with van der Waals surface area (Å²) in [5.41, 5.74) is 1.54. The second kappa shape index (κ2) is 9.51. The zero-order valence-corrected chi connectivity index (χ0v) is 15.4. The van der Waals surface area contributed by atoms with Gasteiger partial charge in [-0.05, 0) is 42.3 Å². The van der Waals surface area contributed by atoms with Crippen LogP contribution < -0.4 is 18.9 Å². The molecule has 0 saturated carbocycles. The van der Waals surface area contributed by atoms with Crippen molar-refractivity contribution in [3.63, 3.8) is 0 Å². The predicted molar refractivity (Wildman–Crippen MR) is 101 cm³/mol. The smallest absolute Gasteiger partial charge is 0.164 e. The maximum absolute atomic E-state index is 12.5. The Bertz CT molecular complexity index is 750. The van der Waals surface area contributed by atoms with E-state index in [1.54, 1.807) is 57.7 Å². The van der Waals surface area contributed by atoms with E-state index in [4.69, 9.17) is 18.9 Å². The molecule has 0 aliphatic rings. The highest BCUT2D eigenvalue weighted by atomic mass is 16.5. The molecular formula is C21H24O5. The number of hydrogen-bond donors (Lipinski definition) is 0. The third kappa shape index (κ3) is 4.79. The van der Waals surface area contributed by atoms with Crippen LogP contribution in [0, 0.1) is 0 Å². The predicted octanol–water partition coefficient (Wildman–Crippen LogP) is 4.09. The molecule has 5 heteroatoms. The molecule has 0 N–H and O–H groups in total. The first-order valence-electron chi connectivity index (χ1n) is 8.28. The SMILES string of the molecule is C=CCOc1ccc(C(=O)CCc2cc(OC)c(OC)cc2OC)cc1. The number of rotatable bonds is 10. The van der Waals surface area contributed by atoms with E-state index in [0.29, 0.717) is 48.0 Å². The van der Waals surface area contributed by atoms with Crippen LogP contribution in [0.1, 0.15) is 22.3 Å². The van der Waals surface area contributed by atoms with E-state index in [1.807, 2.05) is 6.07 Å². The van der Waals surface area contributed by atoms with E-state index in [2.05, 4.69) is 6.58 Å². The molecule has 0 aromatic heterocycles. The Morgan fingerprint density at radius 2 is 1.58 bits per heavy atom. The first kappa shape index (κ1) is 19.4. The molecule has 0 fully saturated rings. The Balaban J connectivity index is 2.07. The number of carbonyl (C=O) groups is 1. The summed E-state index contributed by atoms with van der Waals surface area (Å²) in [6, 6.07) is 10.7. The van der Waals surface area contributed by atoms with Crippen molar-refractivity contribution < 1.29 is 23.7 Å². The van der Waals surface area contributed by atoms with Gasteiger partial charge in [-0.3, -0.25) is 4.79 Å². The summed E-state index contributed by atoms with van der Waals surface area (Å²) in [5, 5.41) is 0. The quantitative estimate of drug-likeness (QED) is 0.474. The second-order valence-electron chi connectivity index (χ2n) is 5.57. The van der Waals surface area contributed by atoms with Gasteiger partial charge in [0.1, 0.15) is 18.1 Å². The average molecular weight is 356 g/mol. The van der Waals surface area contributed by atoms with Crippen LogP contribution in [-0.4, -0.2) is 33.7 Å². The fraction of sp³-hybridized carbons (Fsp3) is 0.286. The fourth-order valence-corrected chi connectivity index (χ4v) is 2.57. The average Bonchev–Trinajstić information content (AvgIpc) is 2.69. The van der Waals surface area contributed by atoms with Crippen LogP contribution in [0.2, 0.25) is 0 Å². The van der Waals surface area contributed by atoms with Gasteiger partial charge < -0.3 is 18.9 Å². The van der Waals surface area contributed by atoms with Crippen molar-refractivity contribution in [1.29, 1.82) is 0 Å². The number of ether oxygens (including phenoxy) is 4. The zero-order valence-electron chi connectivity index (χ0n) is 15.4. The van der Waals surface area contributed by atoms with Crippen LogP contribution in [0.5, 0.6) is 23.0 Å². The number of methoxy groups -OCH3 is 3. The largest absolute Gasteiger partial charge is 0.496 e. The van der Waals surface area contributed by atoms with Gasteiger partial charge in [0, 0.05) is 18.1 Å². The molecule has 0 bridgehead atoms. The molecule has 0 aliphatic carbocycles. The van der Waals surface area contributed by atoms with Gasteiger partial charge in [-0.15, -0.1) is 0 Å². The molecule has 0 spiro atoms. The molecule has 2 aromatic carbocycles. The number of Topliss-reactive ketones (excluding diaryl/α,β-unsaturated/α-hetero) is 1. The van der Waals surface area contributed by atoms with Crippen molar-refractivity contribution in [2.45, 2.75) is 12.8 Å². The molecular weight excluding hydrogens is 332 g/mol. The minimum atomic E-state index is 0.0529. The highest BCUT2D eigenvalue weighted by molar-refractivity contribution is 5.96. The van der Waals surface area contributed by atoms with E-state index < -0.39 is 0 Å². The molecule has 2 aromatic rings. The van der Waals surface area contributed by atoms with Crippen LogP contribution in [0.25, 0.3) is 0 Å². The summed E-state index contributed by atoms with van der Waals surface area (Å²) in [6.45, 7) is 4.04. The van der Waals surface area contributed by atoms with Crippen molar-refractivity contribution in [2.24, 2.45) is 0 Å². The van der Waals surface area contributed by atoms with Crippen LogP contribution in [0.3, 0.4) is 0 Å². The van der Waals surface area contributed by atoms with Crippen LogP contribution in [-0.2, 0) is 6.42 Å². The standard InChI is InChI=1S/C21H24O5/c1-5-12-26-17-9-6-15(7-10-17)18(22)11-8-16-13-20(24-3)21(25-4)14-19(16)23-2/h5-7,9-10,13-14H,1,8,11-12H2,2-4H3. The highest BCUT2D eigenvalue weighted by Gasteiger charge is 2.14. The van der Waals surface area contributed by atoms with E-state index in [1.165, 1.54) is 0 Å². The molecule has 0 heterocycles. The summed E-state index contributed by atoms with van der Waals surface area (Å²) in [5.74, 6) is 2.64. The molecule has 5 nitrogen and oxygen atoms in total. The summed E-state index contributed by atoms with van der Waals surface area (Å²) in [6.07, 6.45) is 2.57. The van der Waals surface area contributed by atoms with Gasteiger partial charge in [-0.2, -0.15) is 0 Å². The topological polar surface area (TPSA) is 54.0 Å². The Labute approximate surface area is 154 Å². The monoisotopic (exact) mass is 356 g/mol. The Morgan fingerprint density at radius 1 is 0.962 bits per heavy atom. The highest BCUT2D eigenvalue weighted by Crippen LogP contribution is 2.35.